The van der Waals surface area contributed by atoms with Crippen LogP contribution in [-0.2, 0) is 14.3 Å². The van der Waals surface area contributed by atoms with Crippen LogP contribution in [0.2, 0.25) is 0 Å². The van der Waals surface area contributed by atoms with Crippen molar-refractivity contribution < 1.29 is 23.8 Å². The first kappa shape index (κ1) is 15.4. The van der Waals surface area contributed by atoms with E-state index >= 15 is 0 Å². The lowest BCUT2D eigenvalue weighted by Crippen LogP contribution is -2.46. The lowest BCUT2D eigenvalue weighted by Gasteiger charge is -2.31. The molecule has 0 bridgehead atoms. The highest BCUT2D eigenvalue weighted by Gasteiger charge is 2.24. The molecule has 2 N–H and O–H groups in total. The van der Waals surface area contributed by atoms with Crippen LogP contribution in [0.25, 0.3) is 0 Å². The number of nitrogens with zero attached hydrogens (tertiary/aromatic N) is 1. The molecule has 1 heterocycles. The summed E-state index contributed by atoms with van der Waals surface area (Å²) in [6.07, 6.45) is -0.511. The second-order valence-electron chi connectivity index (χ2n) is 4.85. The first-order valence-electron chi connectivity index (χ1n) is 6.64. The Morgan fingerprint density at radius 2 is 2.19 bits per heavy atom. The quantitative estimate of drug-likeness (QED) is 0.845. The summed E-state index contributed by atoms with van der Waals surface area (Å²) in [7, 11) is 0. The predicted molar refractivity (Wildman–Crippen MR) is 73.5 cm³/mol. The van der Waals surface area contributed by atoms with E-state index in [0.717, 1.165) is 0 Å². The first-order chi connectivity index (χ1) is 10.0. The van der Waals surface area contributed by atoms with Crippen LogP contribution >= 0.6 is 0 Å². The Morgan fingerprint density at radius 3 is 2.90 bits per heavy atom. The molecule has 1 unspecified atom stereocenters. The van der Waals surface area contributed by atoms with Gasteiger partial charge in [0.1, 0.15) is 5.82 Å². The molecule has 1 amide bonds. The Bertz CT molecular complexity index is 523. The lowest BCUT2D eigenvalue weighted by atomic mass is 10.2. The van der Waals surface area contributed by atoms with E-state index in [1.54, 1.807) is 17.0 Å². The Hall–Kier alpha value is -1.99. The number of para-hydroxylation sites is 1. The summed E-state index contributed by atoms with van der Waals surface area (Å²) < 4.78 is 18.7. The molecule has 6 nitrogen and oxygen atoms in total. The Kier molecular flexibility index (Phi) is 5.24. The highest BCUT2D eigenvalue weighted by Crippen LogP contribution is 2.13. The fraction of sp³-hybridized carbons (Fsp3) is 0.429. The maximum Gasteiger partial charge on any atom is 0.306 e. The number of carboxylic acids is 1. The topological polar surface area (TPSA) is 78.9 Å². The van der Waals surface area contributed by atoms with Gasteiger partial charge in [-0.3, -0.25) is 14.5 Å². The monoisotopic (exact) mass is 296 g/mol. The zero-order chi connectivity index (χ0) is 15.2. The average Bonchev–Trinajstić information content (AvgIpc) is 2.41. The molecular formula is C14H17FN2O4. The highest BCUT2D eigenvalue weighted by atomic mass is 19.1. The number of amides is 1. The molecule has 0 saturated carbocycles. The smallest absolute Gasteiger partial charge is 0.306 e. The second-order valence-corrected chi connectivity index (χ2v) is 4.85. The molecular weight excluding hydrogens is 279 g/mol. The van der Waals surface area contributed by atoms with Gasteiger partial charge in [0.2, 0.25) is 5.91 Å². The Labute approximate surface area is 121 Å². The van der Waals surface area contributed by atoms with Crippen LogP contribution in [-0.4, -0.2) is 54.2 Å². The molecule has 114 valence electrons. The fourth-order valence-electron chi connectivity index (χ4n) is 2.20. The highest BCUT2D eigenvalue weighted by molar-refractivity contribution is 5.92. The van der Waals surface area contributed by atoms with Gasteiger partial charge in [0.15, 0.2) is 0 Å². The summed E-state index contributed by atoms with van der Waals surface area (Å²) in [6, 6.07) is 5.94. The SMILES string of the molecule is O=C(O)CC1CN(CC(=O)Nc2ccccc2F)CCO1. The minimum Gasteiger partial charge on any atom is -0.481 e. The van der Waals surface area contributed by atoms with Crippen LogP contribution in [0.3, 0.4) is 0 Å². The number of hydrogen-bond acceptors (Lipinski definition) is 4. The lowest BCUT2D eigenvalue weighted by molar-refractivity contribution is -0.142. The van der Waals surface area contributed by atoms with E-state index in [9.17, 15) is 14.0 Å². The molecule has 0 aliphatic carbocycles. The van der Waals surface area contributed by atoms with Crippen LogP contribution in [0.15, 0.2) is 24.3 Å². The van der Waals surface area contributed by atoms with Gasteiger partial charge in [0, 0.05) is 13.1 Å². The molecule has 1 saturated heterocycles. The van der Waals surface area contributed by atoms with Crippen LogP contribution in [0, 0.1) is 5.82 Å². The zero-order valence-corrected chi connectivity index (χ0v) is 11.4. The number of carbonyl (C=O) groups is 2. The van der Waals surface area contributed by atoms with Crippen LogP contribution in [0.4, 0.5) is 10.1 Å². The number of benzene rings is 1. The number of carboxylic acid groups (broad SMARTS) is 1. The van der Waals surface area contributed by atoms with Gasteiger partial charge in [-0.05, 0) is 12.1 Å². The van der Waals surface area contributed by atoms with Crippen molar-refractivity contribution in [3.05, 3.63) is 30.1 Å². The van der Waals surface area contributed by atoms with E-state index in [1.807, 2.05) is 0 Å². The van der Waals surface area contributed by atoms with Gasteiger partial charge in [0.25, 0.3) is 0 Å². The predicted octanol–water partition coefficient (Wildman–Crippen LogP) is 0.940. The van der Waals surface area contributed by atoms with E-state index in [1.165, 1.54) is 12.1 Å². The van der Waals surface area contributed by atoms with Crippen molar-refractivity contribution in [1.82, 2.24) is 4.90 Å². The van der Waals surface area contributed by atoms with Gasteiger partial charge in [-0.2, -0.15) is 0 Å². The van der Waals surface area contributed by atoms with Crippen LogP contribution in [0.5, 0.6) is 0 Å². The maximum atomic E-state index is 13.4. The third-order valence-electron chi connectivity index (χ3n) is 3.14. The molecule has 1 fully saturated rings. The average molecular weight is 296 g/mol. The Morgan fingerprint density at radius 1 is 1.43 bits per heavy atom. The second kappa shape index (κ2) is 7.14. The Balaban J connectivity index is 1.85. The van der Waals surface area contributed by atoms with Crippen LogP contribution < -0.4 is 5.32 Å². The van der Waals surface area contributed by atoms with Gasteiger partial charge >= 0.3 is 5.97 Å². The van der Waals surface area contributed by atoms with Crippen LogP contribution in [0.1, 0.15) is 6.42 Å². The molecule has 7 heteroatoms. The van der Waals surface area contributed by atoms with Crippen molar-refractivity contribution in [2.24, 2.45) is 0 Å². The molecule has 1 aliphatic heterocycles. The molecule has 21 heavy (non-hydrogen) atoms. The molecule has 2 rings (SSSR count). The van der Waals surface area contributed by atoms with Gasteiger partial charge in [-0.25, -0.2) is 4.39 Å². The molecule has 1 aromatic carbocycles. The minimum absolute atomic E-state index is 0.0772. The number of aliphatic carboxylic acids is 1. The molecule has 0 aromatic heterocycles. The van der Waals surface area contributed by atoms with E-state index in [2.05, 4.69) is 5.32 Å². The summed E-state index contributed by atoms with van der Waals surface area (Å²) in [5.74, 6) is -1.76. The largest absolute Gasteiger partial charge is 0.481 e. The van der Waals surface area contributed by atoms with Gasteiger partial charge in [-0.1, -0.05) is 12.1 Å². The van der Waals surface area contributed by atoms with Crippen molar-refractivity contribution in [3.63, 3.8) is 0 Å². The molecule has 1 atom stereocenters. The number of carbonyl (C=O) groups excluding carboxylic acids is 1. The third kappa shape index (κ3) is 4.80. The number of ether oxygens (including phenoxy) is 1. The van der Waals surface area contributed by atoms with Crippen molar-refractivity contribution >= 4 is 17.6 Å². The molecule has 0 spiro atoms. The standard InChI is InChI=1S/C14H17FN2O4/c15-11-3-1-2-4-12(11)16-13(18)9-17-5-6-21-10(8-17)7-14(19)20/h1-4,10H,5-9H2,(H,16,18)(H,19,20). The summed E-state index contributed by atoms with van der Waals surface area (Å²) in [5, 5.41) is 11.2. The van der Waals surface area contributed by atoms with E-state index in [0.29, 0.717) is 19.7 Å². The van der Waals surface area contributed by atoms with Gasteiger partial charge in [0.05, 0.1) is 31.4 Å². The number of anilines is 1. The number of nitrogens with one attached hydrogen (secondary N) is 1. The van der Waals surface area contributed by atoms with E-state index < -0.39 is 17.9 Å². The van der Waals surface area contributed by atoms with Crippen molar-refractivity contribution in [3.8, 4) is 0 Å². The van der Waals surface area contributed by atoms with Crippen molar-refractivity contribution in [1.29, 1.82) is 0 Å². The number of rotatable bonds is 5. The van der Waals surface area contributed by atoms with Gasteiger partial charge < -0.3 is 15.2 Å². The van der Waals surface area contributed by atoms with Crippen molar-refractivity contribution in [2.45, 2.75) is 12.5 Å². The number of morpholine rings is 1. The normalized spacial score (nSPS) is 19.2. The summed E-state index contributed by atoms with van der Waals surface area (Å²) in [4.78, 5) is 24.3. The van der Waals surface area contributed by atoms with Gasteiger partial charge in [-0.15, -0.1) is 0 Å². The summed E-state index contributed by atoms with van der Waals surface area (Å²) in [6.45, 7) is 1.37. The zero-order valence-electron chi connectivity index (χ0n) is 11.4. The maximum absolute atomic E-state index is 13.4. The van der Waals surface area contributed by atoms with Crippen molar-refractivity contribution in [2.75, 3.05) is 31.6 Å². The number of hydrogen-bond donors (Lipinski definition) is 2. The molecule has 0 radical (unpaired) electrons. The molecule has 1 aliphatic rings. The number of halogens is 1. The fourth-order valence-corrected chi connectivity index (χ4v) is 2.20. The summed E-state index contributed by atoms with van der Waals surface area (Å²) in [5.41, 5.74) is 0.137. The summed E-state index contributed by atoms with van der Waals surface area (Å²) >= 11 is 0. The molecule has 1 aromatic rings. The van der Waals surface area contributed by atoms with E-state index in [4.69, 9.17) is 9.84 Å². The van der Waals surface area contributed by atoms with E-state index in [-0.39, 0.29) is 24.6 Å². The minimum atomic E-state index is -0.933. The first-order valence-corrected chi connectivity index (χ1v) is 6.64. The third-order valence-corrected chi connectivity index (χ3v) is 3.14.